The molecule has 0 spiro atoms. The molecule has 1 N–H and O–H groups in total. The van der Waals surface area contributed by atoms with Gasteiger partial charge >= 0.3 is 0 Å². The number of aromatic nitrogens is 2. The standard InChI is InChI=1S/C20H21FN4O/c1-3-24(4-2)19-10-7-15(14-22-19)20(26)23-18-13-16(8-9-17(18)21)25-11-5-6-12-25/h5-14H,3-4H2,1-2H3,(H,23,26). The van der Waals surface area contributed by atoms with Crippen LogP contribution in [0.15, 0.2) is 61.1 Å². The topological polar surface area (TPSA) is 50.2 Å². The smallest absolute Gasteiger partial charge is 0.257 e. The molecule has 0 unspecified atom stereocenters. The van der Waals surface area contributed by atoms with Crippen molar-refractivity contribution >= 4 is 17.4 Å². The van der Waals surface area contributed by atoms with E-state index in [2.05, 4.69) is 15.2 Å². The van der Waals surface area contributed by atoms with E-state index in [0.29, 0.717) is 5.56 Å². The number of halogens is 1. The molecule has 0 aliphatic carbocycles. The molecule has 0 aliphatic heterocycles. The van der Waals surface area contributed by atoms with Gasteiger partial charge in [-0.05, 0) is 56.3 Å². The van der Waals surface area contributed by atoms with E-state index in [9.17, 15) is 9.18 Å². The van der Waals surface area contributed by atoms with Gasteiger partial charge in [-0.15, -0.1) is 0 Å². The summed E-state index contributed by atoms with van der Waals surface area (Å²) in [4.78, 5) is 18.9. The zero-order valence-electron chi connectivity index (χ0n) is 14.8. The van der Waals surface area contributed by atoms with Crippen LogP contribution in [0.5, 0.6) is 0 Å². The molecule has 3 rings (SSSR count). The summed E-state index contributed by atoms with van der Waals surface area (Å²) in [7, 11) is 0. The number of hydrogen-bond donors (Lipinski definition) is 1. The molecule has 0 radical (unpaired) electrons. The van der Waals surface area contributed by atoms with Crippen molar-refractivity contribution in [3.8, 4) is 5.69 Å². The Kier molecular flexibility index (Phi) is 5.31. The highest BCUT2D eigenvalue weighted by Gasteiger charge is 2.12. The van der Waals surface area contributed by atoms with Gasteiger partial charge in [-0.1, -0.05) is 0 Å². The lowest BCUT2D eigenvalue weighted by Crippen LogP contribution is -2.23. The predicted octanol–water partition coefficient (Wildman–Crippen LogP) is 4.11. The Morgan fingerprint density at radius 1 is 1.15 bits per heavy atom. The fourth-order valence-corrected chi connectivity index (χ4v) is 2.73. The number of hydrogen-bond acceptors (Lipinski definition) is 3. The first-order valence-electron chi connectivity index (χ1n) is 8.57. The van der Waals surface area contributed by atoms with E-state index in [1.54, 1.807) is 24.3 Å². The van der Waals surface area contributed by atoms with Gasteiger partial charge in [-0.3, -0.25) is 4.79 Å². The molecule has 0 fully saturated rings. The summed E-state index contributed by atoms with van der Waals surface area (Å²) in [5.74, 6) is -0.0681. The Labute approximate surface area is 152 Å². The molecule has 2 heterocycles. The highest BCUT2D eigenvalue weighted by atomic mass is 19.1. The first-order valence-corrected chi connectivity index (χ1v) is 8.57. The van der Waals surface area contributed by atoms with Crippen LogP contribution in [-0.4, -0.2) is 28.5 Å². The van der Waals surface area contributed by atoms with Gasteiger partial charge in [0.15, 0.2) is 0 Å². The summed E-state index contributed by atoms with van der Waals surface area (Å²) in [5, 5.41) is 2.62. The summed E-state index contributed by atoms with van der Waals surface area (Å²) in [6.07, 6.45) is 5.22. The molecular weight excluding hydrogens is 331 g/mol. The number of nitrogens with zero attached hydrogens (tertiary/aromatic N) is 3. The number of amides is 1. The number of nitrogens with one attached hydrogen (secondary N) is 1. The van der Waals surface area contributed by atoms with Gasteiger partial charge in [0.1, 0.15) is 11.6 Å². The molecule has 0 bridgehead atoms. The summed E-state index contributed by atoms with van der Waals surface area (Å²) in [6, 6.07) is 11.9. The Morgan fingerprint density at radius 2 is 1.88 bits per heavy atom. The van der Waals surface area contributed by atoms with E-state index in [1.807, 2.05) is 42.9 Å². The zero-order chi connectivity index (χ0) is 18.5. The number of benzene rings is 1. The maximum atomic E-state index is 14.1. The van der Waals surface area contributed by atoms with Gasteiger partial charge in [0.05, 0.1) is 11.3 Å². The molecule has 6 heteroatoms. The fourth-order valence-electron chi connectivity index (χ4n) is 2.73. The van der Waals surface area contributed by atoms with E-state index in [4.69, 9.17) is 0 Å². The highest BCUT2D eigenvalue weighted by molar-refractivity contribution is 6.04. The molecule has 134 valence electrons. The van der Waals surface area contributed by atoms with Crippen molar-refractivity contribution in [1.29, 1.82) is 0 Å². The minimum Gasteiger partial charge on any atom is -0.357 e. The second-order valence-electron chi connectivity index (χ2n) is 5.79. The Morgan fingerprint density at radius 3 is 2.50 bits per heavy atom. The van der Waals surface area contributed by atoms with Crippen LogP contribution >= 0.6 is 0 Å². The predicted molar refractivity (Wildman–Crippen MR) is 101 cm³/mol. The van der Waals surface area contributed by atoms with Crippen LogP contribution in [0.2, 0.25) is 0 Å². The number of carbonyl (C=O) groups is 1. The summed E-state index contributed by atoms with van der Waals surface area (Å²) >= 11 is 0. The van der Waals surface area contributed by atoms with Crippen molar-refractivity contribution in [1.82, 2.24) is 9.55 Å². The third kappa shape index (κ3) is 3.74. The van der Waals surface area contributed by atoms with Gasteiger partial charge in [-0.25, -0.2) is 9.37 Å². The maximum Gasteiger partial charge on any atom is 0.257 e. The molecule has 5 nitrogen and oxygen atoms in total. The van der Waals surface area contributed by atoms with E-state index in [0.717, 1.165) is 24.6 Å². The average molecular weight is 352 g/mol. The van der Waals surface area contributed by atoms with Gasteiger partial charge in [0.2, 0.25) is 0 Å². The van der Waals surface area contributed by atoms with E-state index >= 15 is 0 Å². The fraction of sp³-hybridized carbons (Fsp3) is 0.200. The van der Waals surface area contributed by atoms with Gasteiger partial charge in [0, 0.05) is 37.4 Å². The van der Waals surface area contributed by atoms with Crippen molar-refractivity contribution in [2.75, 3.05) is 23.3 Å². The highest BCUT2D eigenvalue weighted by Crippen LogP contribution is 2.20. The summed E-state index contributed by atoms with van der Waals surface area (Å²) < 4.78 is 15.9. The number of anilines is 2. The third-order valence-corrected chi connectivity index (χ3v) is 4.20. The Hall–Kier alpha value is -3.15. The molecule has 1 amide bonds. The first-order chi connectivity index (χ1) is 12.6. The lowest BCUT2D eigenvalue weighted by atomic mass is 10.2. The Balaban J connectivity index is 1.78. The van der Waals surface area contributed by atoms with Crippen LogP contribution in [0, 0.1) is 5.82 Å². The van der Waals surface area contributed by atoms with Crippen LogP contribution in [0.1, 0.15) is 24.2 Å². The zero-order valence-corrected chi connectivity index (χ0v) is 14.8. The lowest BCUT2D eigenvalue weighted by Gasteiger charge is -2.19. The van der Waals surface area contributed by atoms with E-state index in [1.165, 1.54) is 12.3 Å². The normalized spacial score (nSPS) is 10.6. The SMILES string of the molecule is CCN(CC)c1ccc(C(=O)Nc2cc(-n3cccc3)ccc2F)cn1. The lowest BCUT2D eigenvalue weighted by molar-refractivity contribution is 0.102. The second kappa shape index (κ2) is 7.82. The van der Waals surface area contributed by atoms with Crippen LogP contribution in [-0.2, 0) is 0 Å². The summed E-state index contributed by atoms with van der Waals surface area (Å²) in [5.41, 5.74) is 1.28. The number of rotatable bonds is 6. The van der Waals surface area contributed by atoms with E-state index < -0.39 is 11.7 Å². The molecule has 26 heavy (non-hydrogen) atoms. The largest absolute Gasteiger partial charge is 0.357 e. The van der Waals surface area contributed by atoms with Crippen LogP contribution in [0.3, 0.4) is 0 Å². The monoisotopic (exact) mass is 352 g/mol. The minimum absolute atomic E-state index is 0.133. The number of pyridine rings is 1. The third-order valence-electron chi connectivity index (χ3n) is 4.20. The van der Waals surface area contributed by atoms with Gasteiger partial charge < -0.3 is 14.8 Å². The molecule has 1 aromatic carbocycles. The molecule has 0 saturated carbocycles. The molecule has 0 atom stereocenters. The molecule has 3 aromatic rings. The van der Waals surface area contributed by atoms with E-state index in [-0.39, 0.29) is 5.69 Å². The van der Waals surface area contributed by atoms with Crippen LogP contribution in [0.25, 0.3) is 5.69 Å². The summed E-state index contributed by atoms with van der Waals surface area (Å²) in [6.45, 7) is 5.78. The number of carbonyl (C=O) groups excluding carboxylic acids is 1. The quantitative estimate of drug-likeness (QED) is 0.726. The van der Waals surface area contributed by atoms with Crippen molar-refractivity contribution in [2.45, 2.75) is 13.8 Å². The maximum absolute atomic E-state index is 14.1. The van der Waals surface area contributed by atoms with Crippen molar-refractivity contribution in [2.24, 2.45) is 0 Å². The molecular formula is C20H21FN4O. The first kappa shape index (κ1) is 17.7. The molecule has 0 aliphatic rings. The second-order valence-corrected chi connectivity index (χ2v) is 5.79. The molecule has 2 aromatic heterocycles. The van der Waals surface area contributed by atoms with Crippen molar-refractivity contribution < 1.29 is 9.18 Å². The van der Waals surface area contributed by atoms with Crippen molar-refractivity contribution in [3.05, 3.63) is 72.4 Å². The van der Waals surface area contributed by atoms with Crippen molar-refractivity contribution in [3.63, 3.8) is 0 Å². The molecule has 0 saturated heterocycles. The van der Waals surface area contributed by atoms with Crippen LogP contribution in [0.4, 0.5) is 15.9 Å². The average Bonchev–Trinajstić information content (AvgIpc) is 3.20. The Bertz CT molecular complexity index is 871. The minimum atomic E-state index is -0.484. The van der Waals surface area contributed by atoms with Gasteiger partial charge in [0.25, 0.3) is 5.91 Å². The van der Waals surface area contributed by atoms with Crippen LogP contribution < -0.4 is 10.2 Å². The van der Waals surface area contributed by atoms with Gasteiger partial charge in [-0.2, -0.15) is 0 Å².